The lowest BCUT2D eigenvalue weighted by Crippen LogP contribution is -2.47. The van der Waals surface area contributed by atoms with Gasteiger partial charge in [-0.15, -0.1) is 0 Å². The Labute approximate surface area is 139 Å². The van der Waals surface area contributed by atoms with E-state index in [2.05, 4.69) is 14.9 Å². The Morgan fingerprint density at radius 1 is 1.29 bits per heavy atom. The van der Waals surface area contributed by atoms with Crippen LogP contribution < -0.4 is 0 Å². The van der Waals surface area contributed by atoms with E-state index < -0.39 is 0 Å². The molecule has 0 aromatic carbocycles. The van der Waals surface area contributed by atoms with E-state index in [1.807, 2.05) is 29.4 Å². The van der Waals surface area contributed by atoms with Crippen LogP contribution in [0.3, 0.4) is 0 Å². The second-order valence-corrected chi connectivity index (χ2v) is 6.57. The molecule has 0 saturated carbocycles. The van der Waals surface area contributed by atoms with Crippen molar-refractivity contribution in [2.45, 2.75) is 31.2 Å². The average Bonchev–Trinajstić information content (AvgIpc) is 3.34. The maximum Gasteiger partial charge on any atom is 0.226 e. The second-order valence-electron chi connectivity index (χ2n) is 6.57. The van der Waals surface area contributed by atoms with E-state index in [0.717, 1.165) is 31.6 Å². The van der Waals surface area contributed by atoms with Crippen molar-refractivity contribution in [2.75, 3.05) is 19.7 Å². The number of amides is 1. The van der Waals surface area contributed by atoms with Gasteiger partial charge in [-0.2, -0.15) is 0 Å². The molecule has 2 atom stereocenters. The van der Waals surface area contributed by atoms with E-state index in [1.54, 1.807) is 6.26 Å². The highest BCUT2D eigenvalue weighted by Crippen LogP contribution is 2.45. The molecule has 0 bridgehead atoms. The SMILES string of the molecule is O=C1C[C@H]2N(Cc3cnc(-c4ccco4)nc3)CC[C@]23OCCN13. The third kappa shape index (κ3) is 1.94. The lowest BCUT2D eigenvalue weighted by Gasteiger charge is -2.31. The highest BCUT2D eigenvalue weighted by atomic mass is 16.5. The van der Waals surface area contributed by atoms with Gasteiger partial charge in [-0.3, -0.25) is 9.69 Å². The summed E-state index contributed by atoms with van der Waals surface area (Å²) in [6.45, 7) is 3.03. The third-order valence-corrected chi connectivity index (χ3v) is 5.34. The van der Waals surface area contributed by atoms with Gasteiger partial charge in [0.1, 0.15) is 0 Å². The fraction of sp³-hybridized carbons (Fsp3) is 0.471. The topological polar surface area (TPSA) is 71.7 Å². The van der Waals surface area contributed by atoms with E-state index in [9.17, 15) is 4.79 Å². The summed E-state index contributed by atoms with van der Waals surface area (Å²) in [5.41, 5.74) is 0.651. The monoisotopic (exact) mass is 326 g/mol. The summed E-state index contributed by atoms with van der Waals surface area (Å²) < 4.78 is 11.3. The quantitative estimate of drug-likeness (QED) is 0.846. The Balaban J connectivity index is 1.35. The van der Waals surface area contributed by atoms with Crippen molar-refractivity contribution < 1.29 is 13.9 Å². The minimum atomic E-state index is -0.383. The van der Waals surface area contributed by atoms with Gasteiger partial charge in [-0.25, -0.2) is 9.97 Å². The van der Waals surface area contributed by atoms with Crippen molar-refractivity contribution in [3.63, 3.8) is 0 Å². The molecule has 124 valence electrons. The van der Waals surface area contributed by atoms with Gasteiger partial charge >= 0.3 is 0 Å². The molecule has 7 heteroatoms. The average molecular weight is 326 g/mol. The first-order valence-electron chi connectivity index (χ1n) is 8.29. The van der Waals surface area contributed by atoms with Gasteiger partial charge in [-0.1, -0.05) is 0 Å². The molecule has 3 fully saturated rings. The molecule has 24 heavy (non-hydrogen) atoms. The molecule has 3 aliphatic heterocycles. The molecule has 2 aromatic heterocycles. The summed E-state index contributed by atoms with van der Waals surface area (Å²) in [6, 6.07) is 3.80. The summed E-state index contributed by atoms with van der Waals surface area (Å²) in [6.07, 6.45) is 6.71. The Kier molecular flexibility index (Phi) is 3.01. The zero-order valence-corrected chi connectivity index (χ0v) is 13.2. The standard InChI is InChI=1S/C17H18N4O3/c22-15-8-14-17(21(15)5-7-24-17)3-4-20(14)11-12-9-18-16(19-10-12)13-2-1-6-23-13/h1-2,6,9-10,14H,3-5,7-8,11H2/t14-,17+/m1/s1. The number of carbonyl (C=O) groups is 1. The Morgan fingerprint density at radius 2 is 2.17 bits per heavy atom. The fourth-order valence-electron chi connectivity index (χ4n) is 4.27. The number of hydrogen-bond acceptors (Lipinski definition) is 6. The van der Waals surface area contributed by atoms with Crippen LogP contribution in [0.5, 0.6) is 0 Å². The van der Waals surface area contributed by atoms with Crippen LogP contribution in [0.4, 0.5) is 0 Å². The predicted molar refractivity (Wildman–Crippen MR) is 83.6 cm³/mol. The smallest absolute Gasteiger partial charge is 0.226 e. The number of rotatable bonds is 3. The summed E-state index contributed by atoms with van der Waals surface area (Å²) in [4.78, 5) is 25.3. The lowest BCUT2D eigenvalue weighted by molar-refractivity contribution is -0.136. The molecule has 0 aliphatic carbocycles. The van der Waals surface area contributed by atoms with Crippen LogP contribution in [0.15, 0.2) is 35.2 Å². The molecule has 2 aromatic rings. The van der Waals surface area contributed by atoms with Gasteiger partial charge in [-0.05, 0) is 12.1 Å². The van der Waals surface area contributed by atoms with Crippen LogP contribution in [0, 0.1) is 0 Å². The Bertz CT molecular complexity index is 761. The van der Waals surface area contributed by atoms with Crippen LogP contribution in [-0.4, -0.2) is 57.1 Å². The zero-order chi connectivity index (χ0) is 16.1. The van der Waals surface area contributed by atoms with Crippen molar-refractivity contribution in [3.8, 4) is 11.6 Å². The Hall–Kier alpha value is -2.25. The second kappa shape index (κ2) is 5.12. The largest absolute Gasteiger partial charge is 0.461 e. The van der Waals surface area contributed by atoms with Crippen molar-refractivity contribution in [1.82, 2.24) is 19.8 Å². The molecule has 7 nitrogen and oxygen atoms in total. The maximum atomic E-state index is 12.2. The van der Waals surface area contributed by atoms with Crippen LogP contribution in [0.2, 0.25) is 0 Å². The van der Waals surface area contributed by atoms with Gasteiger partial charge < -0.3 is 14.1 Å². The molecule has 3 aliphatic rings. The van der Waals surface area contributed by atoms with E-state index >= 15 is 0 Å². The number of aromatic nitrogens is 2. The van der Waals surface area contributed by atoms with Crippen molar-refractivity contribution >= 4 is 5.91 Å². The minimum Gasteiger partial charge on any atom is -0.461 e. The van der Waals surface area contributed by atoms with Crippen molar-refractivity contribution in [1.29, 1.82) is 0 Å². The summed E-state index contributed by atoms with van der Waals surface area (Å²) in [5, 5.41) is 0. The molecule has 5 rings (SSSR count). The third-order valence-electron chi connectivity index (χ3n) is 5.34. The number of hydrogen-bond donors (Lipinski definition) is 0. The van der Waals surface area contributed by atoms with Crippen LogP contribution in [-0.2, 0) is 16.1 Å². The fourth-order valence-corrected chi connectivity index (χ4v) is 4.27. The summed E-state index contributed by atoms with van der Waals surface area (Å²) >= 11 is 0. The maximum absolute atomic E-state index is 12.2. The van der Waals surface area contributed by atoms with Gasteiger partial charge in [0.2, 0.25) is 5.91 Å². The first-order valence-corrected chi connectivity index (χ1v) is 8.29. The van der Waals surface area contributed by atoms with E-state index in [4.69, 9.17) is 9.15 Å². The highest BCUT2D eigenvalue weighted by molar-refractivity contribution is 5.81. The lowest BCUT2D eigenvalue weighted by atomic mass is 10.1. The number of carbonyl (C=O) groups excluding carboxylic acids is 1. The number of likely N-dealkylation sites (tertiary alicyclic amines) is 1. The molecule has 0 unspecified atom stereocenters. The summed E-state index contributed by atoms with van der Waals surface area (Å²) in [5.74, 6) is 1.47. The molecule has 3 saturated heterocycles. The number of furan rings is 1. The molecular weight excluding hydrogens is 308 g/mol. The normalized spacial score (nSPS) is 29.2. The molecule has 1 amide bonds. The molecule has 5 heterocycles. The number of ether oxygens (including phenoxy) is 1. The Morgan fingerprint density at radius 3 is 2.96 bits per heavy atom. The van der Waals surface area contributed by atoms with Gasteiger partial charge in [0.15, 0.2) is 17.3 Å². The number of nitrogens with zero attached hydrogens (tertiary/aromatic N) is 4. The molecule has 0 N–H and O–H groups in total. The van der Waals surface area contributed by atoms with E-state index in [-0.39, 0.29) is 17.7 Å². The van der Waals surface area contributed by atoms with Crippen molar-refractivity contribution in [2.24, 2.45) is 0 Å². The van der Waals surface area contributed by atoms with E-state index in [1.165, 1.54) is 0 Å². The van der Waals surface area contributed by atoms with Crippen molar-refractivity contribution in [3.05, 3.63) is 36.4 Å². The molecule has 1 spiro atoms. The minimum absolute atomic E-state index is 0.136. The van der Waals surface area contributed by atoms with Crippen LogP contribution in [0.25, 0.3) is 11.6 Å². The zero-order valence-electron chi connectivity index (χ0n) is 13.2. The van der Waals surface area contributed by atoms with E-state index in [0.29, 0.717) is 24.6 Å². The van der Waals surface area contributed by atoms with Gasteiger partial charge in [0.05, 0.1) is 18.9 Å². The molecule has 0 radical (unpaired) electrons. The highest BCUT2D eigenvalue weighted by Gasteiger charge is 2.61. The molecular formula is C17H18N4O3. The predicted octanol–water partition coefficient (Wildman–Crippen LogP) is 1.27. The first kappa shape index (κ1) is 14.1. The summed E-state index contributed by atoms with van der Waals surface area (Å²) in [7, 11) is 0. The van der Waals surface area contributed by atoms with Crippen LogP contribution in [0.1, 0.15) is 18.4 Å². The first-order chi connectivity index (χ1) is 11.8. The van der Waals surface area contributed by atoms with Crippen LogP contribution >= 0.6 is 0 Å². The van der Waals surface area contributed by atoms with Gasteiger partial charge in [0.25, 0.3) is 0 Å². The van der Waals surface area contributed by atoms with Gasteiger partial charge in [0, 0.05) is 50.4 Å².